The summed E-state index contributed by atoms with van der Waals surface area (Å²) in [4.78, 5) is 13.8. The molecule has 5 heteroatoms. The van der Waals surface area contributed by atoms with Crippen LogP contribution in [0.2, 0.25) is 0 Å². The molecular formula is C15H24N2O2S. The van der Waals surface area contributed by atoms with Gasteiger partial charge in [-0.25, -0.2) is 4.79 Å². The van der Waals surface area contributed by atoms with Crippen LogP contribution in [0.4, 0.5) is 4.79 Å². The molecule has 0 unspecified atom stereocenters. The molecule has 2 rings (SSSR count). The number of thiophene rings is 1. The summed E-state index contributed by atoms with van der Waals surface area (Å²) in [7, 11) is 0. The molecular weight excluding hydrogens is 272 g/mol. The van der Waals surface area contributed by atoms with Crippen LogP contribution in [0.15, 0.2) is 16.8 Å². The van der Waals surface area contributed by atoms with Crippen molar-refractivity contribution in [1.82, 2.24) is 10.2 Å². The summed E-state index contributed by atoms with van der Waals surface area (Å²) in [6, 6.07) is 2.64. The van der Waals surface area contributed by atoms with E-state index in [4.69, 9.17) is 4.74 Å². The van der Waals surface area contributed by atoms with Gasteiger partial charge >= 0.3 is 6.09 Å². The molecule has 0 bridgehead atoms. The van der Waals surface area contributed by atoms with E-state index in [1.807, 2.05) is 25.7 Å². The number of likely N-dealkylation sites (tertiary alicyclic amines) is 1. The van der Waals surface area contributed by atoms with Crippen molar-refractivity contribution in [2.24, 2.45) is 0 Å². The Morgan fingerprint density at radius 3 is 2.70 bits per heavy atom. The molecule has 1 fully saturated rings. The molecule has 2 heterocycles. The second-order valence-corrected chi connectivity index (χ2v) is 7.03. The number of rotatable bonds is 3. The van der Waals surface area contributed by atoms with Gasteiger partial charge in [0.15, 0.2) is 0 Å². The lowest BCUT2D eigenvalue weighted by molar-refractivity contribution is 0.0198. The third kappa shape index (κ3) is 4.80. The molecule has 4 nitrogen and oxygen atoms in total. The minimum absolute atomic E-state index is 0.186. The maximum Gasteiger partial charge on any atom is 0.410 e. The fourth-order valence-corrected chi connectivity index (χ4v) is 2.92. The minimum Gasteiger partial charge on any atom is -0.444 e. The van der Waals surface area contributed by atoms with Gasteiger partial charge in [-0.15, -0.1) is 0 Å². The van der Waals surface area contributed by atoms with Crippen molar-refractivity contribution < 1.29 is 9.53 Å². The SMILES string of the molecule is CC(C)(C)OC(=O)N1CCC(NCc2ccsc2)CC1. The van der Waals surface area contributed by atoms with Gasteiger partial charge in [-0.2, -0.15) is 11.3 Å². The lowest BCUT2D eigenvalue weighted by Gasteiger charge is -2.33. The number of carbonyl (C=O) groups excluding carboxylic acids is 1. The summed E-state index contributed by atoms with van der Waals surface area (Å²) in [5, 5.41) is 7.83. The topological polar surface area (TPSA) is 41.6 Å². The third-order valence-electron chi connectivity index (χ3n) is 3.32. The number of amides is 1. The number of carbonyl (C=O) groups is 1. The molecule has 20 heavy (non-hydrogen) atoms. The Hall–Kier alpha value is -1.07. The predicted octanol–water partition coefficient (Wildman–Crippen LogP) is 3.24. The van der Waals surface area contributed by atoms with Crippen LogP contribution in [0.3, 0.4) is 0 Å². The Morgan fingerprint density at radius 1 is 1.45 bits per heavy atom. The molecule has 1 aromatic heterocycles. The van der Waals surface area contributed by atoms with Gasteiger partial charge in [0.05, 0.1) is 0 Å². The molecule has 1 amide bonds. The highest BCUT2D eigenvalue weighted by atomic mass is 32.1. The summed E-state index contributed by atoms with van der Waals surface area (Å²) in [6.07, 6.45) is 1.79. The van der Waals surface area contributed by atoms with Crippen LogP contribution in [0.25, 0.3) is 0 Å². The lowest BCUT2D eigenvalue weighted by atomic mass is 10.1. The molecule has 1 aliphatic rings. The van der Waals surface area contributed by atoms with E-state index in [9.17, 15) is 4.79 Å². The molecule has 0 atom stereocenters. The van der Waals surface area contributed by atoms with E-state index in [1.54, 1.807) is 11.3 Å². The van der Waals surface area contributed by atoms with Crippen molar-refractivity contribution in [3.63, 3.8) is 0 Å². The fraction of sp³-hybridized carbons (Fsp3) is 0.667. The van der Waals surface area contributed by atoms with Crippen LogP contribution in [0.5, 0.6) is 0 Å². The number of piperidine rings is 1. The summed E-state index contributed by atoms with van der Waals surface area (Å²) in [6.45, 7) is 8.17. The van der Waals surface area contributed by atoms with Crippen LogP contribution >= 0.6 is 11.3 Å². The zero-order valence-corrected chi connectivity index (χ0v) is 13.3. The molecule has 0 saturated carbocycles. The van der Waals surface area contributed by atoms with Crippen LogP contribution in [-0.2, 0) is 11.3 Å². The Labute approximate surface area is 125 Å². The summed E-state index contributed by atoms with van der Waals surface area (Å²) >= 11 is 1.73. The highest BCUT2D eigenvalue weighted by molar-refractivity contribution is 7.07. The molecule has 1 saturated heterocycles. The van der Waals surface area contributed by atoms with E-state index in [0.29, 0.717) is 6.04 Å². The van der Waals surface area contributed by atoms with E-state index >= 15 is 0 Å². The van der Waals surface area contributed by atoms with Crippen LogP contribution in [0.1, 0.15) is 39.2 Å². The molecule has 0 spiro atoms. The van der Waals surface area contributed by atoms with Gasteiger partial charge in [-0.05, 0) is 56.0 Å². The average Bonchev–Trinajstić information content (AvgIpc) is 2.88. The van der Waals surface area contributed by atoms with Crippen LogP contribution in [0, 0.1) is 0 Å². The highest BCUT2D eigenvalue weighted by Crippen LogP contribution is 2.16. The van der Waals surface area contributed by atoms with Crippen molar-refractivity contribution in [2.45, 2.75) is 51.8 Å². The van der Waals surface area contributed by atoms with Crippen molar-refractivity contribution >= 4 is 17.4 Å². The monoisotopic (exact) mass is 296 g/mol. The normalized spacial score (nSPS) is 17.2. The van der Waals surface area contributed by atoms with E-state index in [-0.39, 0.29) is 6.09 Å². The standard InChI is InChI=1S/C15H24N2O2S/c1-15(2,3)19-14(18)17-7-4-13(5-8-17)16-10-12-6-9-20-11-12/h6,9,11,13,16H,4-5,7-8,10H2,1-3H3. The van der Waals surface area contributed by atoms with Gasteiger partial charge in [-0.1, -0.05) is 0 Å². The maximum absolute atomic E-state index is 11.9. The summed E-state index contributed by atoms with van der Waals surface area (Å²) in [5.41, 5.74) is 0.926. The quantitative estimate of drug-likeness (QED) is 0.931. The Bertz CT molecular complexity index is 418. The first kappa shape index (κ1) is 15.3. The molecule has 0 aliphatic carbocycles. The number of nitrogens with zero attached hydrogens (tertiary/aromatic N) is 1. The molecule has 1 N–H and O–H groups in total. The second-order valence-electron chi connectivity index (χ2n) is 6.25. The first-order valence-electron chi connectivity index (χ1n) is 7.16. The number of hydrogen-bond donors (Lipinski definition) is 1. The molecule has 1 aromatic rings. The van der Waals surface area contributed by atoms with Gasteiger partial charge in [0.1, 0.15) is 5.60 Å². The van der Waals surface area contributed by atoms with Crippen molar-refractivity contribution in [3.8, 4) is 0 Å². The fourth-order valence-electron chi connectivity index (χ4n) is 2.25. The molecule has 112 valence electrons. The van der Waals surface area contributed by atoms with E-state index in [0.717, 1.165) is 32.5 Å². The van der Waals surface area contributed by atoms with Crippen LogP contribution < -0.4 is 5.32 Å². The highest BCUT2D eigenvalue weighted by Gasteiger charge is 2.26. The zero-order chi connectivity index (χ0) is 14.6. The number of hydrogen-bond acceptors (Lipinski definition) is 4. The van der Waals surface area contributed by atoms with E-state index in [2.05, 4.69) is 22.1 Å². The van der Waals surface area contributed by atoms with E-state index < -0.39 is 5.60 Å². The first-order valence-corrected chi connectivity index (χ1v) is 8.11. The third-order valence-corrected chi connectivity index (χ3v) is 4.05. The Kier molecular flexibility index (Phi) is 5.05. The Balaban J connectivity index is 1.71. The molecule has 1 aliphatic heterocycles. The molecule has 0 aromatic carbocycles. The number of nitrogens with one attached hydrogen (secondary N) is 1. The van der Waals surface area contributed by atoms with Crippen molar-refractivity contribution in [1.29, 1.82) is 0 Å². The van der Waals surface area contributed by atoms with Crippen molar-refractivity contribution in [2.75, 3.05) is 13.1 Å². The summed E-state index contributed by atoms with van der Waals surface area (Å²) < 4.78 is 5.40. The van der Waals surface area contributed by atoms with E-state index in [1.165, 1.54) is 5.56 Å². The maximum atomic E-state index is 11.9. The van der Waals surface area contributed by atoms with Crippen LogP contribution in [-0.4, -0.2) is 35.7 Å². The van der Waals surface area contributed by atoms with Gasteiger partial charge in [0, 0.05) is 25.7 Å². The van der Waals surface area contributed by atoms with Crippen molar-refractivity contribution in [3.05, 3.63) is 22.4 Å². The lowest BCUT2D eigenvalue weighted by Crippen LogP contribution is -2.46. The van der Waals surface area contributed by atoms with Gasteiger partial charge in [-0.3, -0.25) is 0 Å². The second kappa shape index (κ2) is 6.59. The average molecular weight is 296 g/mol. The zero-order valence-electron chi connectivity index (χ0n) is 12.5. The smallest absolute Gasteiger partial charge is 0.410 e. The van der Waals surface area contributed by atoms with Gasteiger partial charge in [0.2, 0.25) is 0 Å². The predicted molar refractivity (Wildman–Crippen MR) is 82.0 cm³/mol. The molecule has 0 radical (unpaired) electrons. The largest absolute Gasteiger partial charge is 0.444 e. The minimum atomic E-state index is -0.412. The van der Waals surface area contributed by atoms with Gasteiger partial charge in [0.25, 0.3) is 0 Å². The number of ether oxygens (including phenoxy) is 1. The van der Waals surface area contributed by atoms with Gasteiger partial charge < -0.3 is 15.0 Å². The Morgan fingerprint density at radius 2 is 2.15 bits per heavy atom. The summed E-state index contributed by atoms with van der Waals surface area (Å²) in [5.74, 6) is 0. The first-order chi connectivity index (χ1) is 9.44.